The molecule has 106 valence electrons. The summed E-state index contributed by atoms with van der Waals surface area (Å²) in [5, 5.41) is 0.475. The Hall–Kier alpha value is -1.49. The van der Waals surface area contributed by atoms with Gasteiger partial charge in [0.25, 0.3) is 5.91 Å². The van der Waals surface area contributed by atoms with E-state index < -0.39 is 0 Å². The number of fused-ring (bicyclic) bond motifs is 1. The summed E-state index contributed by atoms with van der Waals surface area (Å²) in [6.45, 7) is 7.05. The maximum Gasteiger partial charge on any atom is 0.275 e. The summed E-state index contributed by atoms with van der Waals surface area (Å²) >= 11 is 1.93. The van der Waals surface area contributed by atoms with Gasteiger partial charge in [-0.3, -0.25) is 4.79 Å². The van der Waals surface area contributed by atoms with Crippen molar-refractivity contribution in [2.75, 3.05) is 12.3 Å². The summed E-state index contributed by atoms with van der Waals surface area (Å²) in [7, 11) is 0. The van der Waals surface area contributed by atoms with Gasteiger partial charge in [-0.05, 0) is 26.0 Å². The number of aromatic nitrogens is 2. The second-order valence-electron chi connectivity index (χ2n) is 5.28. The maximum atomic E-state index is 12.8. The summed E-state index contributed by atoms with van der Waals surface area (Å²) in [5.41, 5.74) is 1.47. The Bertz CT molecular complexity index is 652. The normalized spacial score (nSPS) is 23.2. The minimum Gasteiger partial charge on any atom is -0.333 e. The van der Waals surface area contributed by atoms with Crippen LogP contribution in [0.1, 0.15) is 30.2 Å². The second kappa shape index (κ2) is 5.13. The summed E-state index contributed by atoms with van der Waals surface area (Å²) < 4.78 is 1.97. The van der Waals surface area contributed by atoms with Gasteiger partial charge in [-0.1, -0.05) is 13.0 Å². The fourth-order valence-electron chi connectivity index (χ4n) is 2.70. The van der Waals surface area contributed by atoms with Gasteiger partial charge in [0.1, 0.15) is 5.82 Å². The summed E-state index contributed by atoms with van der Waals surface area (Å²) in [6.07, 6.45) is 1.95. The SMILES string of the molecule is Cc1nc(C(=O)N2CCSC(C)C2C)c2ccccn12. The number of carbonyl (C=O) groups excluding carboxylic acids is 1. The highest BCUT2D eigenvalue weighted by molar-refractivity contribution is 8.00. The van der Waals surface area contributed by atoms with E-state index in [1.807, 2.05) is 52.4 Å². The fourth-order valence-corrected chi connectivity index (χ4v) is 3.80. The van der Waals surface area contributed by atoms with Crippen LogP contribution in [-0.4, -0.2) is 43.8 Å². The molecule has 20 heavy (non-hydrogen) atoms. The van der Waals surface area contributed by atoms with Gasteiger partial charge in [0.05, 0.1) is 5.52 Å². The van der Waals surface area contributed by atoms with Crippen molar-refractivity contribution in [3.63, 3.8) is 0 Å². The molecule has 2 aromatic rings. The largest absolute Gasteiger partial charge is 0.333 e. The third-order valence-corrected chi connectivity index (χ3v) is 5.41. The highest BCUT2D eigenvalue weighted by Crippen LogP contribution is 2.26. The minimum absolute atomic E-state index is 0.0569. The molecule has 0 aromatic carbocycles. The molecule has 2 unspecified atom stereocenters. The average Bonchev–Trinajstić information content (AvgIpc) is 2.79. The molecule has 1 fully saturated rings. The van der Waals surface area contributed by atoms with Crippen LogP contribution in [0.4, 0.5) is 0 Å². The Kier molecular flexibility index (Phi) is 3.46. The van der Waals surface area contributed by atoms with Crippen molar-refractivity contribution >= 4 is 23.2 Å². The van der Waals surface area contributed by atoms with Crippen LogP contribution >= 0.6 is 11.8 Å². The Morgan fingerprint density at radius 3 is 3.00 bits per heavy atom. The predicted octanol–water partition coefficient (Wildman–Crippen LogP) is 2.61. The molecule has 1 aliphatic rings. The molecule has 3 rings (SSSR count). The van der Waals surface area contributed by atoms with Gasteiger partial charge in [0.15, 0.2) is 5.69 Å². The number of aryl methyl sites for hydroxylation is 1. The fraction of sp³-hybridized carbons (Fsp3) is 0.467. The Morgan fingerprint density at radius 1 is 1.40 bits per heavy atom. The molecule has 0 N–H and O–H groups in total. The van der Waals surface area contributed by atoms with E-state index in [0.717, 1.165) is 23.6 Å². The first-order valence-corrected chi connectivity index (χ1v) is 8.00. The predicted molar refractivity (Wildman–Crippen MR) is 82.3 cm³/mol. The van der Waals surface area contributed by atoms with Crippen LogP contribution in [0.2, 0.25) is 0 Å². The topological polar surface area (TPSA) is 37.6 Å². The highest BCUT2D eigenvalue weighted by atomic mass is 32.2. The number of rotatable bonds is 1. The van der Waals surface area contributed by atoms with Crippen LogP contribution in [-0.2, 0) is 0 Å². The lowest BCUT2D eigenvalue weighted by molar-refractivity contribution is 0.0694. The molecule has 0 spiro atoms. The summed E-state index contributed by atoms with van der Waals surface area (Å²) in [5.74, 6) is 1.92. The molecule has 2 atom stereocenters. The van der Waals surface area contributed by atoms with E-state index >= 15 is 0 Å². The number of thioether (sulfide) groups is 1. The van der Waals surface area contributed by atoms with Crippen molar-refractivity contribution < 1.29 is 4.79 Å². The van der Waals surface area contributed by atoms with Gasteiger partial charge in [-0.15, -0.1) is 0 Å². The Balaban J connectivity index is 2.00. The molecule has 0 bridgehead atoms. The molecule has 0 radical (unpaired) electrons. The quantitative estimate of drug-likeness (QED) is 0.810. The number of carbonyl (C=O) groups is 1. The van der Waals surface area contributed by atoms with E-state index in [4.69, 9.17) is 0 Å². The molecule has 1 amide bonds. The van der Waals surface area contributed by atoms with Crippen molar-refractivity contribution in [1.29, 1.82) is 0 Å². The van der Waals surface area contributed by atoms with Crippen LogP contribution in [0, 0.1) is 6.92 Å². The van der Waals surface area contributed by atoms with E-state index in [2.05, 4.69) is 18.8 Å². The molecule has 2 aromatic heterocycles. The monoisotopic (exact) mass is 289 g/mol. The van der Waals surface area contributed by atoms with Crippen molar-refractivity contribution in [3.8, 4) is 0 Å². The third kappa shape index (κ3) is 2.10. The molecular weight excluding hydrogens is 270 g/mol. The standard InChI is InChI=1S/C15H19N3OS/c1-10-11(2)20-9-8-17(10)15(19)14-13-6-4-5-7-18(13)12(3)16-14/h4-7,10-11H,8-9H2,1-3H3. The minimum atomic E-state index is 0.0569. The number of pyridine rings is 1. The van der Waals surface area contributed by atoms with Crippen LogP contribution in [0.3, 0.4) is 0 Å². The van der Waals surface area contributed by atoms with E-state index in [1.165, 1.54) is 0 Å². The highest BCUT2D eigenvalue weighted by Gasteiger charge is 2.31. The molecule has 1 aliphatic heterocycles. The van der Waals surface area contributed by atoms with Gasteiger partial charge in [0, 0.05) is 29.8 Å². The maximum absolute atomic E-state index is 12.8. The first-order chi connectivity index (χ1) is 9.59. The zero-order valence-corrected chi connectivity index (χ0v) is 12.9. The number of amides is 1. The smallest absolute Gasteiger partial charge is 0.275 e. The second-order valence-corrected chi connectivity index (χ2v) is 6.76. The molecule has 5 heteroatoms. The van der Waals surface area contributed by atoms with E-state index in [-0.39, 0.29) is 11.9 Å². The van der Waals surface area contributed by atoms with Gasteiger partial charge >= 0.3 is 0 Å². The van der Waals surface area contributed by atoms with Gasteiger partial charge < -0.3 is 9.30 Å². The third-order valence-electron chi connectivity index (χ3n) is 4.07. The lowest BCUT2D eigenvalue weighted by Gasteiger charge is -2.37. The van der Waals surface area contributed by atoms with Crippen molar-refractivity contribution in [2.24, 2.45) is 0 Å². The van der Waals surface area contributed by atoms with Crippen LogP contribution in [0.25, 0.3) is 5.52 Å². The van der Waals surface area contributed by atoms with Crippen LogP contribution in [0.15, 0.2) is 24.4 Å². The lowest BCUT2D eigenvalue weighted by Crippen LogP contribution is -2.48. The Morgan fingerprint density at radius 2 is 2.20 bits per heavy atom. The van der Waals surface area contributed by atoms with E-state index in [0.29, 0.717) is 10.9 Å². The molecule has 4 nitrogen and oxygen atoms in total. The number of hydrogen-bond donors (Lipinski definition) is 0. The molecule has 3 heterocycles. The van der Waals surface area contributed by atoms with Crippen LogP contribution < -0.4 is 0 Å². The molecular formula is C15H19N3OS. The van der Waals surface area contributed by atoms with Gasteiger partial charge in [-0.2, -0.15) is 11.8 Å². The van der Waals surface area contributed by atoms with Crippen molar-refractivity contribution in [1.82, 2.24) is 14.3 Å². The zero-order chi connectivity index (χ0) is 14.3. The zero-order valence-electron chi connectivity index (χ0n) is 12.0. The van der Waals surface area contributed by atoms with E-state index in [9.17, 15) is 4.79 Å². The lowest BCUT2D eigenvalue weighted by atomic mass is 10.2. The molecule has 1 saturated heterocycles. The summed E-state index contributed by atoms with van der Waals surface area (Å²) in [6, 6.07) is 6.12. The first kappa shape index (κ1) is 13.5. The summed E-state index contributed by atoms with van der Waals surface area (Å²) in [4.78, 5) is 19.3. The number of nitrogens with zero attached hydrogens (tertiary/aromatic N) is 3. The van der Waals surface area contributed by atoms with Crippen molar-refractivity contribution in [2.45, 2.75) is 32.1 Å². The van der Waals surface area contributed by atoms with Crippen molar-refractivity contribution in [3.05, 3.63) is 35.9 Å². The van der Waals surface area contributed by atoms with E-state index in [1.54, 1.807) is 0 Å². The first-order valence-electron chi connectivity index (χ1n) is 6.96. The molecule has 0 saturated carbocycles. The average molecular weight is 289 g/mol. The molecule has 0 aliphatic carbocycles. The number of hydrogen-bond acceptors (Lipinski definition) is 3. The van der Waals surface area contributed by atoms with Gasteiger partial charge in [-0.25, -0.2) is 4.98 Å². The van der Waals surface area contributed by atoms with Gasteiger partial charge in [0.2, 0.25) is 0 Å². The number of imidazole rings is 1. The van der Waals surface area contributed by atoms with Crippen LogP contribution in [0.5, 0.6) is 0 Å². The Labute approximate surface area is 123 Å².